The van der Waals surface area contributed by atoms with E-state index in [2.05, 4.69) is 82.2 Å². The Bertz CT molecular complexity index is 1220. The summed E-state index contributed by atoms with van der Waals surface area (Å²) in [7, 11) is 0. The van der Waals surface area contributed by atoms with Gasteiger partial charge in [0.1, 0.15) is 16.5 Å². The van der Waals surface area contributed by atoms with Crippen LogP contribution in [0.5, 0.6) is 0 Å². The summed E-state index contributed by atoms with van der Waals surface area (Å²) in [5.41, 5.74) is 3.91. The third-order valence-electron chi connectivity index (χ3n) is 5.31. The monoisotopic (exact) mass is 491 g/mol. The van der Waals surface area contributed by atoms with Crippen LogP contribution in [0.1, 0.15) is 52.7 Å². The van der Waals surface area contributed by atoms with Crippen molar-refractivity contribution in [3.8, 4) is 5.69 Å². The van der Waals surface area contributed by atoms with Crippen LogP contribution in [0.25, 0.3) is 5.69 Å². The van der Waals surface area contributed by atoms with Gasteiger partial charge < -0.3 is 5.32 Å². The number of nitrogens with zero attached hydrogens (tertiary/aromatic N) is 4. The highest BCUT2D eigenvalue weighted by molar-refractivity contribution is 7.98. The molecular formula is C26H29N5OS2. The molecule has 0 aliphatic carbocycles. The van der Waals surface area contributed by atoms with Crippen molar-refractivity contribution in [1.82, 2.24) is 25.1 Å². The Balaban J connectivity index is 1.49. The standard InChI is InChI=1S/C26H29N5OS2/c1-18(2)13-14-27-25(32)22-16-33-24(28-22)17-34-26-30-29-23(15-20-7-5-4-6-8-20)31(26)21-11-9-19(3)10-12-21/h4-12,16,18H,13-15,17H2,1-3H3,(H,27,32). The normalized spacial score (nSPS) is 11.2. The number of hydrogen-bond donors (Lipinski definition) is 1. The second kappa shape index (κ2) is 11.4. The van der Waals surface area contributed by atoms with Crippen LogP contribution < -0.4 is 5.32 Å². The number of amides is 1. The maximum Gasteiger partial charge on any atom is 0.270 e. The minimum atomic E-state index is -0.110. The summed E-state index contributed by atoms with van der Waals surface area (Å²) < 4.78 is 2.12. The molecular weight excluding hydrogens is 462 g/mol. The van der Waals surface area contributed by atoms with Crippen LogP contribution in [0.2, 0.25) is 0 Å². The highest BCUT2D eigenvalue weighted by Gasteiger charge is 2.17. The molecule has 0 aliphatic rings. The van der Waals surface area contributed by atoms with Crippen molar-refractivity contribution in [2.75, 3.05) is 6.54 Å². The lowest BCUT2D eigenvalue weighted by Gasteiger charge is -2.10. The van der Waals surface area contributed by atoms with E-state index in [0.29, 0.717) is 30.3 Å². The van der Waals surface area contributed by atoms with Crippen molar-refractivity contribution >= 4 is 29.0 Å². The summed E-state index contributed by atoms with van der Waals surface area (Å²) in [6.45, 7) is 7.04. The highest BCUT2D eigenvalue weighted by atomic mass is 32.2. The summed E-state index contributed by atoms with van der Waals surface area (Å²) in [6, 6.07) is 18.7. The molecule has 2 aromatic heterocycles. The van der Waals surface area contributed by atoms with Crippen molar-refractivity contribution < 1.29 is 4.79 Å². The molecule has 4 rings (SSSR count). The fourth-order valence-corrected chi connectivity index (χ4v) is 5.18. The van der Waals surface area contributed by atoms with Gasteiger partial charge in [0.25, 0.3) is 5.91 Å². The van der Waals surface area contributed by atoms with Crippen molar-refractivity contribution in [2.45, 2.75) is 44.5 Å². The van der Waals surface area contributed by atoms with E-state index >= 15 is 0 Å². The SMILES string of the molecule is Cc1ccc(-n2c(Cc3ccccc3)nnc2SCc2nc(C(=O)NCCC(C)C)cs2)cc1. The van der Waals surface area contributed by atoms with Gasteiger partial charge in [0, 0.05) is 24.0 Å². The van der Waals surface area contributed by atoms with Gasteiger partial charge in [0.05, 0.1) is 5.75 Å². The summed E-state index contributed by atoms with van der Waals surface area (Å²) in [5.74, 6) is 1.96. The highest BCUT2D eigenvalue weighted by Crippen LogP contribution is 2.27. The van der Waals surface area contributed by atoms with Crippen LogP contribution in [0.15, 0.2) is 65.1 Å². The van der Waals surface area contributed by atoms with E-state index < -0.39 is 0 Å². The Morgan fingerprint density at radius 2 is 1.85 bits per heavy atom. The Kier molecular flexibility index (Phi) is 8.13. The lowest BCUT2D eigenvalue weighted by atomic mass is 10.1. The average molecular weight is 492 g/mol. The quantitative estimate of drug-likeness (QED) is 0.289. The van der Waals surface area contributed by atoms with E-state index in [1.54, 1.807) is 11.8 Å². The molecule has 0 fully saturated rings. The largest absolute Gasteiger partial charge is 0.351 e. The molecule has 6 nitrogen and oxygen atoms in total. The third-order valence-corrected chi connectivity index (χ3v) is 7.29. The van der Waals surface area contributed by atoms with Crippen LogP contribution in [-0.4, -0.2) is 32.2 Å². The molecule has 0 atom stereocenters. The van der Waals surface area contributed by atoms with E-state index in [1.807, 2.05) is 23.6 Å². The molecule has 4 aromatic rings. The van der Waals surface area contributed by atoms with Crippen molar-refractivity contribution in [1.29, 1.82) is 0 Å². The maximum atomic E-state index is 12.4. The Morgan fingerprint density at radius 3 is 2.59 bits per heavy atom. The van der Waals surface area contributed by atoms with Gasteiger partial charge in [0.15, 0.2) is 5.16 Å². The summed E-state index contributed by atoms with van der Waals surface area (Å²) in [6.07, 6.45) is 1.65. The van der Waals surface area contributed by atoms with Gasteiger partial charge in [-0.15, -0.1) is 21.5 Å². The smallest absolute Gasteiger partial charge is 0.270 e. The molecule has 34 heavy (non-hydrogen) atoms. The lowest BCUT2D eigenvalue weighted by molar-refractivity contribution is 0.0947. The number of carbonyl (C=O) groups is 1. The number of carbonyl (C=O) groups excluding carboxylic acids is 1. The van der Waals surface area contributed by atoms with Crippen LogP contribution in [0.4, 0.5) is 0 Å². The summed E-state index contributed by atoms with van der Waals surface area (Å²) in [4.78, 5) is 16.9. The zero-order valence-electron chi connectivity index (χ0n) is 19.7. The van der Waals surface area contributed by atoms with Crippen LogP contribution in [0, 0.1) is 12.8 Å². The summed E-state index contributed by atoms with van der Waals surface area (Å²) >= 11 is 3.08. The molecule has 0 unspecified atom stereocenters. The molecule has 0 spiro atoms. The predicted molar refractivity (Wildman–Crippen MR) is 139 cm³/mol. The second-order valence-corrected chi connectivity index (χ2v) is 10.5. The number of nitrogens with one attached hydrogen (secondary N) is 1. The molecule has 2 aromatic carbocycles. The Morgan fingerprint density at radius 1 is 1.09 bits per heavy atom. The zero-order chi connectivity index (χ0) is 23.9. The molecule has 0 bridgehead atoms. The second-order valence-electron chi connectivity index (χ2n) is 8.59. The number of benzene rings is 2. The summed E-state index contributed by atoms with van der Waals surface area (Å²) in [5, 5.41) is 15.5. The number of aryl methyl sites for hydroxylation is 1. The van der Waals surface area contributed by atoms with Gasteiger partial charge >= 0.3 is 0 Å². The number of thioether (sulfide) groups is 1. The maximum absolute atomic E-state index is 12.4. The molecule has 0 saturated carbocycles. The molecule has 2 heterocycles. The number of aromatic nitrogens is 4. The molecule has 0 aliphatic heterocycles. The molecule has 0 saturated heterocycles. The van der Waals surface area contributed by atoms with Gasteiger partial charge in [0.2, 0.25) is 0 Å². The fraction of sp³-hybridized carbons (Fsp3) is 0.308. The van der Waals surface area contributed by atoms with Crippen molar-refractivity contribution in [3.05, 3.63) is 87.6 Å². The first-order valence-electron chi connectivity index (χ1n) is 11.4. The van der Waals surface area contributed by atoms with Crippen LogP contribution >= 0.6 is 23.1 Å². The van der Waals surface area contributed by atoms with E-state index in [9.17, 15) is 4.79 Å². The minimum absolute atomic E-state index is 0.110. The minimum Gasteiger partial charge on any atom is -0.351 e. The number of thiazole rings is 1. The van der Waals surface area contributed by atoms with Crippen LogP contribution in [-0.2, 0) is 12.2 Å². The van der Waals surface area contributed by atoms with Gasteiger partial charge in [-0.1, -0.05) is 73.6 Å². The first-order valence-corrected chi connectivity index (χ1v) is 13.3. The number of rotatable bonds is 10. The first-order chi connectivity index (χ1) is 16.5. The van der Waals surface area contributed by atoms with E-state index in [-0.39, 0.29) is 5.91 Å². The predicted octanol–water partition coefficient (Wildman–Crippen LogP) is 5.69. The molecule has 1 N–H and O–H groups in total. The number of hydrogen-bond acceptors (Lipinski definition) is 6. The topological polar surface area (TPSA) is 72.7 Å². The molecule has 176 valence electrons. The molecule has 1 amide bonds. The lowest BCUT2D eigenvalue weighted by Crippen LogP contribution is -2.25. The molecule has 8 heteroatoms. The third kappa shape index (κ3) is 6.33. The van der Waals surface area contributed by atoms with Gasteiger partial charge in [-0.25, -0.2) is 4.98 Å². The fourth-order valence-electron chi connectivity index (χ4n) is 3.41. The average Bonchev–Trinajstić information content (AvgIpc) is 3.46. The van der Waals surface area contributed by atoms with E-state index in [0.717, 1.165) is 28.1 Å². The molecule has 0 radical (unpaired) electrons. The zero-order valence-corrected chi connectivity index (χ0v) is 21.3. The van der Waals surface area contributed by atoms with Gasteiger partial charge in [-0.2, -0.15) is 0 Å². The van der Waals surface area contributed by atoms with Gasteiger partial charge in [-0.05, 0) is 37.0 Å². The first kappa shape index (κ1) is 24.2. The Hall–Kier alpha value is -2.97. The van der Waals surface area contributed by atoms with Crippen molar-refractivity contribution in [3.63, 3.8) is 0 Å². The van der Waals surface area contributed by atoms with E-state index in [4.69, 9.17) is 0 Å². The van der Waals surface area contributed by atoms with E-state index in [1.165, 1.54) is 22.5 Å². The van der Waals surface area contributed by atoms with Crippen molar-refractivity contribution in [2.24, 2.45) is 5.92 Å². The van der Waals surface area contributed by atoms with Gasteiger partial charge in [-0.3, -0.25) is 9.36 Å². The Labute approximate surface area is 208 Å². The van der Waals surface area contributed by atoms with Crippen LogP contribution in [0.3, 0.4) is 0 Å².